The van der Waals surface area contributed by atoms with Crippen molar-refractivity contribution in [1.29, 1.82) is 0 Å². The number of carbonyl (C=O) groups excluding carboxylic acids is 1. The van der Waals surface area contributed by atoms with E-state index in [1.165, 1.54) is 0 Å². The molecule has 0 spiro atoms. The van der Waals surface area contributed by atoms with Crippen LogP contribution in [0, 0.1) is 0 Å². The normalized spacial score (nSPS) is 15.3. The van der Waals surface area contributed by atoms with Gasteiger partial charge in [0.25, 0.3) is 5.91 Å². The molecule has 1 aliphatic rings. The van der Waals surface area contributed by atoms with Crippen molar-refractivity contribution in [2.75, 3.05) is 33.0 Å². The molecule has 1 aromatic heterocycles. The molecule has 0 saturated carbocycles. The molecule has 2 heterocycles. The number of ether oxygens (including phenoxy) is 2. The highest BCUT2D eigenvalue weighted by molar-refractivity contribution is 5.97. The SMILES string of the molecule is COc1ccc(C(=O)N2CCC(c3cc(N)on3)CC2)c(OC)c1. The summed E-state index contributed by atoms with van der Waals surface area (Å²) < 4.78 is 15.4. The number of rotatable bonds is 4. The number of anilines is 1. The first-order chi connectivity index (χ1) is 11.6. The van der Waals surface area contributed by atoms with Gasteiger partial charge in [-0.25, -0.2) is 0 Å². The number of methoxy groups -OCH3 is 2. The molecule has 0 atom stereocenters. The molecule has 7 heteroatoms. The Hall–Kier alpha value is -2.70. The van der Waals surface area contributed by atoms with E-state index in [4.69, 9.17) is 19.7 Å². The maximum atomic E-state index is 12.8. The lowest BCUT2D eigenvalue weighted by Crippen LogP contribution is -2.38. The number of piperidine rings is 1. The van der Waals surface area contributed by atoms with Gasteiger partial charge in [-0.3, -0.25) is 4.79 Å². The summed E-state index contributed by atoms with van der Waals surface area (Å²) in [6, 6.07) is 6.98. The van der Waals surface area contributed by atoms with Gasteiger partial charge in [-0.05, 0) is 25.0 Å². The molecule has 2 aromatic rings. The smallest absolute Gasteiger partial charge is 0.257 e. The van der Waals surface area contributed by atoms with Crippen LogP contribution >= 0.6 is 0 Å². The van der Waals surface area contributed by atoms with Crippen molar-refractivity contribution in [1.82, 2.24) is 10.1 Å². The fourth-order valence-electron chi connectivity index (χ4n) is 3.02. The van der Waals surface area contributed by atoms with Crippen molar-refractivity contribution < 1.29 is 18.8 Å². The highest BCUT2D eigenvalue weighted by atomic mass is 16.5. The summed E-state index contributed by atoms with van der Waals surface area (Å²) in [5.74, 6) is 1.74. The van der Waals surface area contributed by atoms with Crippen LogP contribution in [0.2, 0.25) is 0 Å². The summed E-state index contributed by atoms with van der Waals surface area (Å²) in [5.41, 5.74) is 6.98. The van der Waals surface area contributed by atoms with E-state index in [0.29, 0.717) is 36.0 Å². The van der Waals surface area contributed by atoms with Crippen LogP contribution in [0.1, 0.15) is 34.8 Å². The zero-order chi connectivity index (χ0) is 17.1. The highest BCUT2D eigenvalue weighted by Gasteiger charge is 2.27. The Bertz CT molecular complexity index is 720. The Labute approximate surface area is 140 Å². The molecule has 1 aliphatic heterocycles. The molecule has 1 amide bonds. The molecule has 3 rings (SSSR count). The molecule has 128 valence electrons. The van der Waals surface area contributed by atoms with Gasteiger partial charge in [-0.2, -0.15) is 0 Å². The third-order valence-corrected chi connectivity index (χ3v) is 4.39. The fourth-order valence-corrected chi connectivity index (χ4v) is 3.02. The maximum absolute atomic E-state index is 12.8. The van der Waals surface area contributed by atoms with Crippen molar-refractivity contribution in [2.24, 2.45) is 0 Å². The first-order valence-corrected chi connectivity index (χ1v) is 7.85. The fraction of sp³-hybridized carbons (Fsp3) is 0.412. The summed E-state index contributed by atoms with van der Waals surface area (Å²) in [4.78, 5) is 14.6. The molecule has 24 heavy (non-hydrogen) atoms. The predicted molar refractivity (Wildman–Crippen MR) is 88.3 cm³/mol. The first-order valence-electron chi connectivity index (χ1n) is 7.85. The molecule has 1 fully saturated rings. The van der Waals surface area contributed by atoms with Gasteiger partial charge >= 0.3 is 0 Å². The Morgan fingerprint density at radius 1 is 1.25 bits per heavy atom. The molecule has 2 N–H and O–H groups in total. The molecular weight excluding hydrogens is 310 g/mol. The quantitative estimate of drug-likeness (QED) is 0.924. The number of nitrogen functional groups attached to an aromatic ring is 1. The third kappa shape index (κ3) is 3.15. The van der Waals surface area contributed by atoms with Crippen molar-refractivity contribution in [3.8, 4) is 11.5 Å². The summed E-state index contributed by atoms with van der Waals surface area (Å²) in [6.45, 7) is 1.32. The molecule has 0 aliphatic carbocycles. The number of benzene rings is 1. The maximum Gasteiger partial charge on any atom is 0.257 e. The number of carbonyl (C=O) groups is 1. The second-order valence-corrected chi connectivity index (χ2v) is 5.79. The molecule has 1 saturated heterocycles. The minimum atomic E-state index is -0.0346. The Morgan fingerprint density at radius 2 is 2.00 bits per heavy atom. The minimum absolute atomic E-state index is 0.0346. The number of likely N-dealkylation sites (tertiary alicyclic amines) is 1. The van der Waals surface area contributed by atoms with E-state index in [2.05, 4.69) is 5.16 Å². The molecule has 0 unspecified atom stereocenters. The van der Waals surface area contributed by atoms with Crippen molar-refractivity contribution in [3.05, 3.63) is 35.5 Å². The Kier molecular flexibility index (Phi) is 4.59. The van der Waals surface area contributed by atoms with Gasteiger partial charge in [0.1, 0.15) is 11.5 Å². The van der Waals surface area contributed by atoms with Crippen molar-refractivity contribution in [3.63, 3.8) is 0 Å². The van der Waals surface area contributed by atoms with Gasteiger partial charge < -0.3 is 24.6 Å². The van der Waals surface area contributed by atoms with Gasteiger partial charge in [0, 0.05) is 31.1 Å². The van der Waals surface area contributed by atoms with Crippen LogP contribution in [0.15, 0.2) is 28.8 Å². The summed E-state index contributed by atoms with van der Waals surface area (Å²) in [7, 11) is 3.13. The minimum Gasteiger partial charge on any atom is -0.497 e. The van der Waals surface area contributed by atoms with Gasteiger partial charge in [0.2, 0.25) is 5.88 Å². The number of nitrogens with two attached hydrogens (primary N) is 1. The van der Waals surface area contributed by atoms with Crippen molar-refractivity contribution in [2.45, 2.75) is 18.8 Å². The van der Waals surface area contributed by atoms with E-state index in [1.807, 2.05) is 4.90 Å². The summed E-state index contributed by atoms with van der Waals surface area (Å²) in [5, 5.41) is 3.98. The Balaban J connectivity index is 1.69. The van der Waals surface area contributed by atoms with E-state index in [9.17, 15) is 4.79 Å². The van der Waals surface area contributed by atoms with Crippen LogP contribution in [0.4, 0.5) is 5.88 Å². The van der Waals surface area contributed by atoms with Gasteiger partial charge in [-0.15, -0.1) is 0 Å². The van der Waals surface area contributed by atoms with Crippen LogP contribution in [0.5, 0.6) is 11.5 Å². The number of aromatic nitrogens is 1. The second-order valence-electron chi connectivity index (χ2n) is 5.79. The van der Waals surface area contributed by atoms with Crippen LogP contribution < -0.4 is 15.2 Å². The Morgan fingerprint density at radius 3 is 2.58 bits per heavy atom. The average molecular weight is 331 g/mol. The second kappa shape index (κ2) is 6.82. The third-order valence-electron chi connectivity index (χ3n) is 4.39. The predicted octanol–water partition coefficient (Wildman–Crippen LogP) is 2.29. The molecule has 7 nitrogen and oxygen atoms in total. The molecule has 0 radical (unpaired) electrons. The van der Waals surface area contributed by atoms with Crippen LogP contribution in [-0.4, -0.2) is 43.3 Å². The lowest BCUT2D eigenvalue weighted by molar-refractivity contribution is 0.0708. The van der Waals surface area contributed by atoms with Gasteiger partial charge in [0.05, 0.1) is 25.5 Å². The molecule has 0 bridgehead atoms. The van der Waals surface area contributed by atoms with Crippen LogP contribution in [0.3, 0.4) is 0 Å². The van der Waals surface area contributed by atoms with E-state index < -0.39 is 0 Å². The van der Waals surface area contributed by atoms with Gasteiger partial charge in [-0.1, -0.05) is 5.16 Å². The standard InChI is InChI=1S/C17H21N3O4/c1-22-12-3-4-13(15(9-12)23-2)17(21)20-7-5-11(6-8-20)14-10-16(18)24-19-14/h3-4,9-11H,5-8,18H2,1-2H3. The van der Waals surface area contributed by atoms with E-state index in [0.717, 1.165) is 18.5 Å². The topological polar surface area (TPSA) is 90.8 Å². The largest absolute Gasteiger partial charge is 0.497 e. The number of nitrogens with zero attached hydrogens (tertiary/aromatic N) is 2. The van der Waals surface area contributed by atoms with E-state index >= 15 is 0 Å². The molecular formula is C17H21N3O4. The molecule has 1 aromatic carbocycles. The average Bonchev–Trinajstić information content (AvgIpc) is 3.07. The van der Waals surface area contributed by atoms with E-state index in [-0.39, 0.29) is 11.8 Å². The first kappa shape index (κ1) is 16.2. The summed E-state index contributed by atoms with van der Waals surface area (Å²) >= 11 is 0. The number of hydrogen-bond acceptors (Lipinski definition) is 6. The van der Waals surface area contributed by atoms with Crippen molar-refractivity contribution >= 4 is 11.8 Å². The highest BCUT2D eigenvalue weighted by Crippen LogP contribution is 2.31. The monoisotopic (exact) mass is 331 g/mol. The summed E-state index contributed by atoms with van der Waals surface area (Å²) in [6.07, 6.45) is 1.66. The van der Waals surface area contributed by atoms with Crippen LogP contribution in [0.25, 0.3) is 0 Å². The number of hydrogen-bond donors (Lipinski definition) is 1. The lowest BCUT2D eigenvalue weighted by Gasteiger charge is -2.31. The zero-order valence-electron chi connectivity index (χ0n) is 13.8. The van der Waals surface area contributed by atoms with E-state index in [1.54, 1.807) is 38.5 Å². The van der Waals surface area contributed by atoms with Crippen LogP contribution in [-0.2, 0) is 0 Å². The zero-order valence-corrected chi connectivity index (χ0v) is 13.8. The lowest BCUT2D eigenvalue weighted by atomic mass is 9.93. The number of amides is 1. The van der Waals surface area contributed by atoms with Gasteiger partial charge in [0.15, 0.2) is 0 Å².